The Labute approximate surface area is 177 Å². The molecule has 1 saturated carbocycles. The van der Waals surface area contributed by atoms with Crippen LogP contribution in [-0.4, -0.2) is 50.2 Å². The fourth-order valence-corrected chi connectivity index (χ4v) is 5.62. The molecule has 2 fully saturated rings. The maximum Gasteiger partial charge on any atom is 0.243 e. The lowest BCUT2D eigenvalue weighted by Crippen LogP contribution is -2.48. The number of sulfonamides is 1. The van der Waals surface area contributed by atoms with Crippen LogP contribution < -0.4 is 10.6 Å². The van der Waals surface area contributed by atoms with E-state index < -0.39 is 15.9 Å². The second kappa shape index (κ2) is 9.91. The van der Waals surface area contributed by atoms with Crippen molar-refractivity contribution in [3.8, 4) is 0 Å². The summed E-state index contributed by atoms with van der Waals surface area (Å²) >= 11 is 5.84. The van der Waals surface area contributed by atoms with Crippen molar-refractivity contribution in [1.82, 2.24) is 14.9 Å². The molecule has 1 aliphatic heterocycles. The highest BCUT2D eigenvalue weighted by atomic mass is 35.5. The summed E-state index contributed by atoms with van der Waals surface area (Å²) in [5.74, 6) is -0.931. The van der Waals surface area contributed by atoms with Crippen molar-refractivity contribution in [3.05, 3.63) is 29.3 Å². The number of hydrogen-bond donors (Lipinski definition) is 2. The predicted octanol–water partition coefficient (Wildman–Crippen LogP) is 2.31. The van der Waals surface area contributed by atoms with Gasteiger partial charge in [-0.2, -0.15) is 4.31 Å². The molecule has 1 saturated heterocycles. The molecule has 1 atom stereocenters. The molecule has 0 spiro atoms. The summed E-state index contributed by atoms with van der Waals surface area (Å²) in [5.41, 5.74) is 0. The SMILES string of the molecule is O=C(CNC(=O)[C@@H]1CCCN(S(=O)(=O)c2ccc(Cl)cc2)C1)NC1CCCCC1. The van der Waals surface area contributed by atoms with Crippen LogP contribution in [0.5, 0.6) is 0 Å². The molecule has 9 heteroatoms. The molecular weight excluding hydrogens is 414 g/mol. The minimum atomic E-state index is -3.68. The molecule has 1 aromatic rings. The number of nitrogens with one attached hydrogen (secondary N) is 2. The molecule has 1 aliphatic carbocycles. The number of amides is 2. The standard InChI is InChI=1S/C20H28ClN3O4S/c21-16-8-10-18(11-9-16)29(27,28)24-12-4-5-15(14-24)20(26)22-13-19(25)23-17-6-2-1-3-7-17/h8-11,15,17H,1-7,12-14H2,(H,22,26)(H,23,25)/t15-/m1/s1. The molecular formula is C20H28ClN3O4S. The van der Waals surface area contributed by atoms with E-state index in [4.69, 9.17) is 11.6 Å². The minimum absolute atomic E-state index is 0.0736. The molecule has 0 bridgehead atoms. The maximum absolute atomic E-state index is 12.8. The van der Waals surface area contributed by atoms with E-state index >= 15 is 0 Å². The van der Waals surface area contributed by atoms with Gasteiger partial charge in [-0.1, -0.05) is 30.9 Å². The van der Waals surface area contributed by atoms with Crippen LogP contribution >= 0.6 is 11.6 Å². The highest BCUT2D eigenvalue weighted by molar-refractivity contribution is 7.89. The molecule has 1 heterocycles. The number of carbonyl (C=O) groups excluding carboxylic acids is 2. The van der Waals surface area contributed by atoms with E-state index in [1.165, 1.54) is 35.0 Å². The number of rotatable bonds is 6. The van der Waals surface area contributed by atoms with Gasteiger partial charge in [0.05, 0.1) is 17.4 Å². The third-order valence-corrected chi connectivity index (χ3v) is 7.73. The average Bonchev–Trinajstić information content (AvgIpc) is 2.73. The quantitative estimate of drug-likeness (QED) is 0.708. The van der Waals surface area contributed by atoms with Gasteiger partial charge in [-0.25, -0.2) is 8.42 Å². The molecule has 160 valence electrons. The number of halogens is 1. The van der Waals surface area contributed by atoms with E-state index in [-0.39, 0.29) is 35.8 Å². The largest absolute Gasteiger partial charge is 0.352 e. The van der Waals surface area contributed by atoms with Crippen LogP contribution in [0, 0.1) is 5.92 Å². The normalized spacial score (nSPS) is 21.5. The van der Waals surface area contributed by atoms with Gasteiger partial charge in [0.1, 0.15) is 0 Å². The van der Waals surface area contributed by atoms with E-state index in [1.54, 1.807) is 0 Å². The first-order valence-electron chi connectivity index (χ1n) is 10.2. The summed E-state index contributed by atoms with van der Waals surface area (Å²) in [5, 5.41) is 6.10. The fourth-order valence-electron chi connectivity index (χ4n) is 3.97. The Balaban J connectivity index is 1.52. The lowest BCUT2D eigenvalue weighted by molar-refractivity contribution is -0.129. The van der Waals surface area contributed by atoms with Crippen molar-refractivity contribution in [3.63, 3.8) is 0 Å². The third-order valence-electron chi connectivity index (χ3n) is 5.60. The van der Waals surface area contributed by atoms with Gasteiger partial charge in [-0.15, -0.1) is 0 Å². The molecule has 0 radical (unpaired) electrons. The number of nitrogens with zero attached hydrogens (tertiary/aromatic N) is 1. The van der Waals surface area contributed by atoms with Crippen molar-refractivity contribution in [2.75, 3.05) is 19.6 Å². The predicted molar refractivity (Wildman–Crippen MR) is 111 cm³/mol. The number of hydrogen-bond acceptors (Lipinski definition) is 4. The van der Waals surface area contributed by atoms with Crippen LogP contribution in [0.3, 0.4) is 0 Å². The van der Waals surface area contributed by atoms with Gasteiger partial charge in [0, 0.05) is 24.2 Å². The van der Waals surface area contributed by atoms with Crippen molar-refractivity contribution in [1.29, 1.82) is 0 Å². The van der Waals surface area contributed by atoms with E-state index in [1.807, 2.05) is 0 Å². The number of benzene rings is 1. The lowest BCUT2D eigenvalue weighted by Gasteiger charge is -2.31. The van der Waals surface area contributed by atoms with Crippen molar-refractivity contribution in [2.24, 2.45) is 5.92 Å². The molecule has 3 rings (SSSR count). The summed E-state index contributed by atoms with van der Waals surface area (Å²) in [4.78, 5) is 24.8. The lowest BCUT2D eigenvalue weighted by atomic mass is 9.95. The summed E-state index contributed by atoms with van der Waals surface area (Å²) < 4.78 is 27.0. The highest BCUT2D eigenvalue weighted by Crippen LogP contribution is 2.25. The molecule has 7 nitrogen and oxygen atoms in total. The van der Waals surface area contributed by atoms with Crippen LogP contribution in [-0.2, 0) is 19.6 Å². The van der Waals surface area contributed by atoms with E-state index in [0.717, 1.165) is 25.7 Å². The van der Waals surface area contributed by atoms with Gasteiger partial charge in [-0.3, -0.25) is 9.59 Å². The molecule has 29 heavy (non-hydrogen) atoms. The van der Waals surface area contributed by atoms with Crippen molar-refractivity contribution in [2.45, 2.75) is 55.9 Å². The zero-order valence-electron chi connectivity index (χ0n) is 16.4. The summed E-state index contributed by atoms with van der Waals surface area (Å²) in [6.45, 7) is 0.410. The Morgan fingerprint density at radius 3 is 2.41 bits per heavy atom. The summed E-state index contributed by atoms with van der Waals surface area (Å²) in [6.07, 6.45) is 6.62. The van der Waals surface area contributed by atoms with Crippen LogP contribution in [0.15, 0.2) is 29.2 Å². The Morgan fingerprint density at radius 2 is 1.72 bits per heavy atom. The second-order valence-corrected chi connectivity index (χ2v) is 10.2. The van der Waals surface area contributed by atoms with E-state index in [2.05, 4.69) is 10.6 Å². The Bertz CT molecular complexity index is 823. The smallest absolute Gasteiger partial charge is 0.243 e. The molecule has 0 aromatic heterocycles. The van der Waals surface area contributed by atoms with Crippen molar-refractivity contribution >= 4 is 33.4 Å². The van der Waals surface area contributed by atoms with Gasteiger partial charge in [0.25, 0.3) is 0 Å². The first-order valence-corrected chi connectivity index (χ1v) is 12.0. The third kappa shape index (κ3) is 5.93. The van der Waals surface area contributed by atoms with Gasteiger partial charge in [0.2, 0.25) is 21.8 Å². The monoisotopic (exact) mass is 441 g/mol. The Morgan fingerprint density at radius 1 is 1.03 bits per heavy atom. The van der Waals surface area contributed by atoms with Crippen LogP contribution in [0.25, 0.3) is 0 Å². The Kier molecular flexibility index (Phi) is 7.54. The number of piperidine rings is 1. The van der Waals surface area contributed by atoms with Gasteiger partial charge >= 0.3 is 0 Å². The van der Waals surface area contributed by atoms with Crippen LogP contribution in [0.4, 0.5) is 0 Å². The fraction of sp³-hybridized carbons (Fsp3) is 0.600. The van der Waals surface area contributed by atoms with Crippen molar-refractivity contribution < 1.29 is 18.0 Å². The zero-order chi connectivity index (χ0) is 20.9. The molecule has 1 aromatic carbocycles. The minimum Gasteiger partial charge on any atom is -0.352 e. The first kappa shape index (κ1) is 22.1. The summed E-state index contributed by atoms with van der Waals surface area (Å²) in [7, 11) is -3.68. The number of carbonyl (C=O) groups is 2. The molecule has 2 aliphatic rings. The Hall–Kier alpha value is -1.64. The average molecular weight is 442 g/mol. The molecule has 0 unspecified atom stereocenters. The van der Waals surface area contributed by atoms with Crippen LogP contribution in [0.2, 0.25) is 5.02 Å². The topological polar surface area (TPSA) is 95.6 Å². The first-order chi connectivity index (χ1) is 13.9. The molecule has 2 amide bonds. The van der Waals surface area contributed by atoms with Gasteiger partial charge < -0.3 is 10.6 Å². The van der Waals surface area contributed by atoms with Gasteiger partial charge in [0.15, 0.2) is 0 Å². The van der Waals surface area contributed by atoms with Gasteiger partial charge in [-0.05, 0) is 49.9 Å². The maximum atomic E-state index is 12.8. The zero-order valence-corrected chi connectivity index (χ0v) is 18.0. The van der Waals surface area contributed by atoms with E-state index in [0.29, 0.717) is 24.4 Å². The van der Waals surface area contributed by atoms with Crippen LogP contribution in [0.1, 0.15) is 44.9 Å². The molecule has 2 N–H and O–H groups in total. The van der Waals surface area contributed by atoms with E-state index in [9.17, 15) is 18.0 Å². The highest BCUT2D eigenvalue weighted by Gasteiger charge is 2.33. The second-order valence-electron chi connectivity index (χ2n) is 7.78. The summed E-state index contributed by atoms with van der Waals surface area (Å²) in [6, 6.07) is 6.21.